The number of amides is 1. The van der Waals surface area contributed by atoms with Gasteiger partial charge in [-0.05, 0) is 30.0 Å². The first-order valence-corrected chi connectivity index (χ1v) is 4.83. The van der Waals surface area contributed by atoms with E-state index in [0.29, 0.717) is 0 Å². The molecule has 1 aromatic rings. The van der Waals surface area contributed by atoms with Gasteiger partial charge in [0.1, 0.15) is 0 Å². The van der Waals surface area contributed by atoms with Crippen molar-refractivity contribution in [2.24, 2.45) is 5.73 Å². The molecule has 3 N–H and O–H groups in total. The molecule has 0 saturated heterocycles. The number of hydrogen-bond acceptors (Lipinski definition) is 2. The van der Waals surface area contributed by atoms with Gasteiger partial charge in [0.05, 0.1) is 0 Å². The number of nitrogens with one attached hydrogen (secondary N) is 1. The molecule has 14 heavy (non-hydrogen) atoms. The molecule has 0 bridgehead atoms. The van der Waals surface area contributed by atoms with Crippen LogP contribution < -0.4 is 11.1 Å². The van der Waals surface area contributed by atoms with Gasteiger partial charge in [-0.15, -0.1) is 0 Å². The second-order valence-electron chi connectivity index (χ2n) is 3.70. The van der Waals surface area contributed by atoms with Crippen LogP contribution in [-0.4, -0.2) is 5.91 Å². The van der Waals surface area contributed by atoms with E-state index in [1.165, 1.54) is 18.1 Å². The summed E-state index contributed by atoms with van der Waals surface area (Å²) in [6.45, 7) is 1.52. The van der Waals surface area contributed by atoms with Crippen LogP contribution in [0.2, 0.25) is 0 Å². The van der Waals surface area contributed by atoms with Crippen molar-refractivity contribution < 1.29 is 4.79 Å². The second-order valence-corrected chi connectivity index (χ2v) is 3.70. The Kier molecular flexibility index (Phi) is 2.25. The minimum Gasteiger partial charge on any atom is -0.326 e. The lowest BCUT2D eigenvalue weighted by Gasteiger charge is -2.09. The summed E-state index contributed by atoms with van der Waals surface area (Å²) in [5, 5.41) is 2.83. The average Bonchev–Trinajstić information content (AvgIpc) is 2.49. The Bertz CT molecular complexity index is 374. The molecule has 0 aromatic heterocycles. The van der Waals surface area contributed by atoms with Crippen LogP contribution in [0.1, 0.15) is 30.5 Å². The third kappa shape index (κ3) is 1.51. The van der Waals surface area contributed by atoms with Crippen molar-refractivity contribution >= 4 is 11.6 Å². The molecular formula is C11H14N2O. The Morgan fingerprint density at radius 2 is 2.36 bits per heavy atom. The van der Waals surface area contributed by atoms with Crippen LogP contribution >= 0.6 is 0 Å². The number of benzene rings is 1. The fourth-order valence-corrected chi connectivity index (χ4v) is 1.99. The summed E-state index contributed by atoms with van der Waals surface area (Å²) in [5.41, 5.74) is 9.23. The molecule has 1 aliphatic rings. The van der Waals surface area contributed by atoms with E-state index in [0.717, 1.165) is 18.5 Å². The number of anilines is 1. The van der Waals surface area contributed by atoms with E-state index in [2.05, 4.69) is 5.32 Å². The van der Waals surface area contributed by atoms with Gasteiger partial charge in [-0.1, -0.05) is 12.1 Å². The number of carbonyl (C=O) groups is 1. The lowest BCUT2D eigenvalue weighted by Crippen LogP contribution is -2.09. The third-order valence-electron chi connectivity index (χ3n) is 2.63. The van der Waals surface area contributed by atoms with E-state index in [1.807, 2.05) is 18.2 Å². The zero-order valence-corrected chi connectivity index (χ0v) is 8.21. The highest BCUT2D eigenvalue weighted by atomic mass is 16.1. The third-order valence-corrected chi connectivity index (χ3v) is 2.63. The number of fused-ring (bicyclic) bond motifs is 1. The molecule has 0 spiro atoms. The molecule has 0 fully saturated rings. The molecule has 2 rings (SSSR count). The molecule has 74 valence electrons. The maximum atomic E-state index is 11.0. The molecule has 1 atom stereocenters. The number of nitrogens with two attached hydrogens (primary N) is 1. The van der Waals surface area contributed by atoms with Crippen LogP contribution in [-0.2, 0) is 11.2 Å². The first-order valence-electron chi connectivity index (χ1n) is 4.83. The maximum Gasteiger partial charge on any atom is 0.221 e. The van der Waals surface area contributed by atoms with Crippen molar-refractivity contribution in [1.29, 1.82) is 0 Å². The highest BCUT2D eigenvalue weighted by molar-refractivity contribution is 5.89. The van der Waals surface area contributed by atoms with E-state index in [-0.39, 0.29) is 11.9 Å². The summed E-state index contributed by atoms with van der Waals surface area (Å²) in [6.07, 6.45) is 1.94. The average molecular weight is 190 g/mol. The Labute approximate surface area is 83.3 Å². The normalized spacial score (nSPS) is 19.1. The van der Waals surface area contributed by atoms with E-state index in [9.17, 15) is 4.79 Å². The number of carbonyl (C=O) groups excluding carboxylic acids is 1. The molecule has 1 aliphatic carbocycles. The van der Waals surface area contributed by atoms with Gasteiger partial charge >= 0.3 is 0 Å². The van der Waals surface area contributed by atoms with Crippen LogP contribution in [0, 0.1) is 0 Å². The predicted molar refractivity (Wildman–Crippen MR) is 56.0 cm³/mol. The monoisotopic (exact) mass is 190 g/mol. The van der Waals surface area contributed by atoms with E-state index < -0.39 is 0 Å². The largest absolute Gasteiger partial charge is 0.326 e. The highest BCUT2D eigenvalue weighted by Crippen LogP contribution is 2.33. The van der Waals surface area contributed by atoms with Gasteiger partial charge in [0.2, 0.25) is 5.91 Å². The Morgan fingerprint density at radius 3 is 3.07 bits per heavy atom. The maximum absolute atomic E-state index is 11.0. The van der Waals surface area contributed by atoms with Crippen molar-refractivity contribution in [3.8, 4) is 0 Å². The molecule has 0 saturated carbocycles. The standard InChI is InChI=1S/C11H14N2O/c1-7(14)13-11-4-2-3-8-9(11)5-6-10(8)12/h2-4,10H,5-6,12H2,1H3,(H,13,14). The topological polar surface area (TPSA) is 55.1 Å². The smallest absolute Gasteiger partial charge is 0.221 e. The highest BCUT2D eigenvalue weighted by Gasteiger charge is 2.21. The summed E-state index contributed by atoms with van der Waals surface area (Å²) in [7, 11) is 0. The van der Waals surface area contributed by atoms with Gasteiger partial charge in [-0.25, -0.2) is 0 Å². The van der Waals surface area contributed by atoms with Gasteiger partial charge in [0.15, 0.2) is 0 Å². The summed E-state index contributed by atoms with van der Waals surface area (Å²) in [5.74, 6) is -0.0288. The molecule has 1 amide bonds. The molecule has 3 heteroatoms. The number of rotatable bonds is 1. The molecular weight excluding hydrogens is 176 g/mol. The number of hydrogen-bond donors (Lipinski definition) is 2. The van der Waals surface area contributed by atoms with Crippen molar-refractivity contribution in [2.75, 3.05) is 5.32 Å². The van der Waals surface area contributed by atoms with Gasteiger partial charge in [-0.2, -0.15) is 0 Å². The Hall–Kier alpha value is -1.35. The SMILES string of the molecule is CC(=O)Nc1cccc2c1CCC2N. The van der Waals surface area contributed by atoms with E-state index >= 15 is 0 Å². The lowest BCUT2D eigenvalue weighted by atomic mass is 10.1. The fourth-order valence-electron chi connectivity index (χ4n) is 1.99. The summed E-state index contributed by atoms with van der Waals surface area (Å²) in [4.78, 5) is 11.0. The van der Waals surface area contributed by atoms with Crippen molar-refractivity contribution in [3.63, 3.8) is 0 Å². The van der Waals surface area contributed by atoms with Crippen LogP contribution in [0.3, 0.4) is 0 Å². The van der Waals surface area contributed by atoms with Crippen molar-refractivity contribution in [1.82, 2.24) is 0 Å². The van der Waals surface area contributed by atoms with Gasteiger partial charge in [-0.3, -0.25) is 4.79 Å². The second kappa shape index (κ2) is 3.42. The van der Waals surface area contributed by atoms with Gasteiger partial charge < -0.3 is 11.1 Å². The van der Waals surface area contributed by atoms with E-state index in [4.69, 9.17) is 5.73 Å². The minimum absolute atomic E-state index is 0.0288. The predicted octanol–water partition coefficient (Wildman–Crippen LogP) is 1.59. The van der Waals surface area contributed by atoms with Gasteiger partial charge in [0.25, 0.3) is 0 Å². The first kappa shape index (κ1) is 9.21. The Morgan fingerprint density at radius 1 is 1.57 bits per heavy atom. The quantitative estimate of drug-likeness (QED) is 0.706. The van der Waals surface area contributed by atoms with E-state index in [1.54, 1.807) is 0 Å². The molecule has 0 radical (unpaired) electrons. The van der Waals surface area contributed by atoms with Gasteiger partial charge in [0, 0.05) is 18.7 Å². The Balaban J connectivity index is 2.39. The van der Waals surface area contributed by atoms with Crippen LogP contribution in [0.4, 0.5) is 5.69 Å². The molecule has 3 nitrogen and oxygen atoms in total. The molecule has 1 aromatic carbocycles. The first-order chi connectivity index (χ1) is 6.68. The molecule has 1 unspecified atom stereocenters. The summed E-state index contributed by atoms with van der Waals surface area (Å²) < 4.78 is 0. The van der Waals surface area contributed by atoms with Crippen LogP contribution in [0.25, 0.3) is 0 Å². The fraction of sp³-hybridized carbons (Fsp3) is 0.364. The zero-order chi connectivity index (χ0) is 10.1. The van der Waals surface area contributed by atoms with Crippen molar-refractivity contribution in [3.05, 3.63) is 29.3 Å². The summed E-state index contributed by atoms with van der Waals surface area (Å²) >= 11 is 0. The molecule has 0 heterocycles. The lowest BCUT2D eigenvalue weighted by molar-refractivity contribution is -0.114. The minimum atomic E-state index is -0.0288. The van der Waals surface area contributed by atoms with Crippen molar-refractivity contribution in [2.45, 2.75) is 25.8 Å². The molecule has 0 aliphatic heterocycles. The zero-order valence-electron chi connectivity index (χ0n) is 8.21. The van der Waals surface area contributed by atoms with Crippen LogP contribution in [0.15, 0.2) is 18.2 Å². The van der Waals surface area contributed by atoms with Crippen LogP contribution in [0.5, 0.6) is 0 Å². The summed E-state index contributed by atoms with van der Waals surface area (Å²) in [6, 6.07) is 6.05.